The van der Waals surface area contributed by atoms with E-state index in [2.05, 4.69) is 21.2 Å². The van der Waals surface area contributed by atoms with Gasteiger partial charge in [-0.3, -0.25) is 10.1 Å². The predicted octanol–water partition coefficient (Wildman–Crippen LogP) is 3.81. The van der Waals surface area contributed by atoms with Crippen molar-refractivity contribution in [1.29, 1.82) is 0 Å². The Balaban J connectivity index is 2.27. The fourth-order valence-corrected chi connectivity index (χ4v) is 2.13. The van der Waals surface area contributed by atoms with Crippen LogP contribution in [0.5, 0.6) is 5.75 Å². The summed E-state index contributed by atoms with van der Waals surface area (Å²) < 4.78 is 14.4. The highest BCUT2D eigenvalue weighted by Crippen LogP contribution is 2.29. The number of nitrogens with zero attached hydrogens (tertiary/aromatic N) is 1. The van der Waals surface area contributed by atoms with Gasteiger partial charge >= 0.3 is 0 Å². The van der Waals surface area contributed by atoms with Gasteiger partial charge in [-0.25, -0.2) is 4.39 Å². The van der Waals surface area contributed by atoms with Crippen molar-refractivity contribution in [3.8, 4) is 5.75 Å². The van der Waals surface area contributed by atoms with E-state index < -0.39 is 10.7 Å². The van der Waals surface area contributed by atoms with E-state index in [-0.39, 0.29) is 23.7 Å². The first-order chi connectivity index (χ1) is 9.49. The molecule has 0 saturated carbocycles. The molecule has 0 aliphatic carbocycles. The van der Waals surface area contributed by atoms with E-state index in [1.54, 1.807) is 12.1 Å². The molecule has 104 valence electrons. The lowest BCUT2D eigenvalue weighted by Gasteiger charge is -2.09. The van der Waals surface area contributed by atoms with Crippen LogP contribution in [-0.4, -0.2) is 10.0 Å². The number of nitro benzene ring substituents is 1. The van der Waals surface area contributed by atoms with E-state index in [0.717, 1.165) is 10.5 Å². The van der Waals surface area contributed by atoms with E-state index in [0.29, 0.717) is 5.56 Å². The van der Waals surface area contributed by atoms with Crippen LogP contribution in [0.4, 0.5) is 15.8 Å². The Morgan fingerprint density at radius 2 is 2.10 bits per heavy atom. The van der Waals surface area contributed by atoms with Crippen molar-refractivity contribution in [3.63, 3.8) is 0 Å². The van der Waals surface area contributed by atoms with Gasteiger partial charge in [0.15, 0.2) is 5.82 Å². The van der Waals surface area contributed by atoms with Crippen molar-refractivity contribution in [2.75, 3.05) is 5.32 Å². The summed E-state index contributed by atoms with van der Waals surface area (Å²) in [6.45, 7) is 0.0625. The van der Waals surface area contributed by atoms with Gasteiger partial charge < -0.3 is 10.4 Å². The van der Waals surface area contributed by atoms with E-state index in [4.69, 9.17) is 0 Å². The Labute approximate surface area is 122 Å². The zero-order valence-corrected chi connectivity index (χ0v) is 11.7. The van der Waals surface area contributed by atoms with Gasteiger partial charge in [0.05, 0.1) is 4.92 Å². The molecule has 2 aromatic carbocycles. The first-order valence-electron chi connectivity index (χ1n) is 5.63. The Morgan fingerprint density at radius 1 is 1.35 bits per heavy atom. The zero-order chi connectivity index (χ0) is 14.7. The molecule has 20 heavy (non-hydrogen) atoms. The number of anilines is 1. The molecule has 0 amide bonds. The summed E-state index contributed by atoms with van der Waals surface area (Å²) in [5, 5.41) is 23.2. The van der Waals surface area contributed by atoms with Gasteiger partial charge in [-0.2, -0.15) is 0 Å². The van der Waals surface area contributed by atoms with Gasteiger partial charge in [0, 0.05) is 22.6 Å². The fraction of sp³-hybridized carbons (Fsp3) is 0.0769. The van der Waals surface area contributed by atoms with Crippen molar-refractivity contribution < 1.29 is 14.4 Å². The lowest BCUT2D eigenvalue weighted by atomic mass is 10.2. The van der Waals surface area contributed by atoms with E-state index in [1.807, 2.05) is 0 Å². The van der Waals surface area contributed by atoms with Crippen LogP contribution in [-0.2, 0) is 6.54 Å². The minimum atomic E-state index is -0.714. The maximum absolute atomic E-state index is 13.7. The molecule has 7 heteroatoms. The molecule has 2 N–H and O–H groups in total. The monoisotopic (exact) mass is 340 g/mol. The average Bonchev–Trinajstić information content (AvgIpc) is 2.40. The number of halogens is 2. The molecule has 5 nitrogen and oxygen atoms in total. The summed E-state index contributed by atoms with van der Waals surface area (Å²) in [5.41, 5.74) is -0.0479. The molecule has 0 unspecified atom stereocenters. The number of benzene rings is 2. The quantitative estimate of drug-likeness (QED) is 0.655. The molecule has 2 rings (SSSR count). The zero-order valence-electron chi connectivity index (χ0n) is 10.1. The van der Waals surface area contributed by atoms with Gasteiger partial charge in [-0.1, -0.05) is 22.0 Å². The number of aromatic hydroxyl groups is 1. The van der Waals surface area contributed by atoms with Gasteiger partial charge in [-0.15, -0.1) is 0 Å². The summed E-state index contributed by atoms with van der Waals surface area (Å²) in [7, 11) is 0. The molecular weight excluding hydrogens is 331 g/mol. The lowest BCUT2D eigenvalue weighted by molar-refractivity contribution is -0.384. The molecule has 0 heterocycles. The maximum atomic E-state index is 13.7. The molecule has 0 atom stereocenters. The fourth-order valence-electron chi connectivity index (χ4n) is 1.72. The van der Waals surface area contributed by atoms with Crippen molar-refractivity contribution in [2.45, 2.75) is 6.54 Å². The smallest absolute Gasteiger partial charge is 0.295 e. The molecule has 0 saturated heterocycles. The minimum Gasteiger partial charge on any atom is -0.508 e. The van der Waals surface area contributed by atoms with Crippen LogP contribution >= 0.6 is 15.9 Å². The van der Waals surface area contributed by atoms with E-state index in [1.165, 1.54) is 18.2 Å². The first-order valence-corrected chi connectivity index (χ1v) is 6.42. The second-order valence-electron chi connectivity index (χ2n) is 4.02. The van der Waals surface area contributed by atoms with Gasteiger partial charge in [0.1, 0.15) is 11.4 Å². The van der Waals surface area contributed by atoms with Crippen LogP contribution in [0.15, 0.2) is 40.9 Å². The Kier molecular flexibility index (Phi) is 4.19. The third-order valence-electron chi connectivity index (χ3n) is 2.69. The van der Waals surface area contributed by atoms with Crippen LogP contribution in [0.1, 0.15) is 5.56 Å². The second kappa shape index (κ2) is 5.87. The average molecular weight is 341 g/mol. The number of hydrogen-bond donors (Lipinski definition) is 2. The number of nitrogens with one attached hydrogen (secondary N) is 1. The summed E-state index contributed by atoms with van der Waals surface area (Å²) >= 11 is 3.25. The summed E-state index contributed by atoms with van der Waals surface area (Å²) in [4.78, 5) is 10.2. The largest absolute Gasteiger partial charge is 0.508 e. The summed E-state index contributed by atoms with van der Waals surface area (Å²) in [5.74, 6) is -0.687. The van der Waals surface area contributed by atoms with Crippen LogP contribution < -0.4 is 5.32 Å². The lowest BCUT2D eigenvalue weighted by Crippen LogP contribution is -2.05. The standard InChI is InChI=1S/C13H10BrFN2O3/c14-9-4-5-12(18)8(6-9)7-16-13-10(15)2-1-3-11(13)17(19)20/h1-6,16,18H,7H2. The van der Waals surface area contributed by atoms with Gasteiger partial charge in [0.25, 0.3) is 5.69 Å². The number of phenols is 1. The van der Waals surface area contributed by atoms with Crippen LogP contribution in [0.3, 0.4) is 0 Å². The SMILES string of the molecule is O=[N+]([O-])c1cccc(F)c1NCc1cc(Br)ccc1O. The predicted molar refractivity (Wildman–Crippen MR) is 76.2 cm³/mol. The molecule has 2 aromatic rings. The number of para-hydroxylation sites is 1. The highest BCUT2D eigenvalue weighted by atomic mass is 79.9. The van der Waals surface area contributed by atoms with E-state index in [9.17, 15) is 19.6 Å². The minimum absolute atomic E-state index is 0.0275. The molecule has 0 spiro atoms. The molecule has 0 radical (unpaired) electrons. The molecular formula is C13H10BrFN2O3. The van der Waals surface area contributed by atoms with Gasteiger partial charge in [-0.05, 0) is 24.3 Å². The first kappa shape index (κ1) is 14.3. The number of hydrogen-bond acceptors (Lipinski definition) is 4. The van der Waals surface area contributed by atoms with Gasteiger partial charge in [0.2, 0.25) is 0 Å². The van der Waals surface area contributed by atoms with Crippen LogP contribution in [0.25, 0.3) is 0 Å². The van der Waals surface area contributed by atoms with E-state index >= 15 is 0 Å². The highest BCUT2D eigenvalue weighted by Gasteiger charge is 2.17. The Hall–Kier alpha value is -2.15. The highest BCUT2D eigenvalue weighted by molar-refractivity contribution is 9.10. The second-order valence-corrected chi connectivity index (χ2v) is 4.93. The molecule has 0 aliphatic rings. The van der Waals surface area contributed by atoms with Crippen molar-refractivity contribution in [3.05, 3.63) is 62.4 Å². The molecule has 0 fully saturated rings. The normalized spacial score (nSPS) is 10.3. The summed E-state index contributed by atoms with van der Waals surface area (Å²) in [6.07, 6.45) is 0. The van der Waals surface area contributed by atoms with Crippen LogP contribution in [0.2, 0.25) is 0 Å². The number of rotatable bonds is 4. The Morgan fingerprint density at radius 3 is 2.80 bits per heavy atom. The molecule has 0 aromatic heterocycles. The number of phenolic OH excluding ortho intramolecular Hbond substituents is 1. The molecule has 0 bridgehead atoms. The maximum Gasteiger partial charge on any atom is 0.295 e. The van der Waals surface area contributed by atoms with Crippen LogP contribution in [0, 0.1) is 15.9 Å². The Bertz CT molecular complexity index is 664. The van der Waals surface area contributed by atoms with Crippen molar-refractivity contribution in [1.82, 2.24) is 0 Å². The number of nitro groups is 1. The van der Waals surface area contributed by atoms with Crippen molar-refractivity contribution in [2.24, 2.45) is 0 Å². The van der Waals surface area contributed by atoms with Crippen molar-refractivity contribution >= 4 is 27.3 Å². The summed E-state index contributed by atoms with van der Waals surface area (Å²) in [6, 6.07) is 8.41. The third-order valence-corrected chi connectivity index (χ3v) is 3.18. The molecule has 0 aliphatic heterocycles. The topological polar surface area (TPSA) is 75.4 Å². The third kappa shape index (κ3) is 3.05.